The minimum Gasteiger partial charge on any atom is -0.459 e. The van der Waals surface area contributed by atoms with Crippen LogP contribution in [0.25, 0.3) is 22.7 Å². The summed E-state index contributed by atoms with van der Waals surface area (Å²) in [7, 11) is 0. The molecule has 0 aliphatic carbocycles. The molecule has 4 aromatic rings. The lowest BCUT2D eigenvalue weighted by Crippen LogP contribution is -2.35. The zero-order valence-electron chi connectivity index (χ0n) is 18.0. The highest BCUT2D eigenvalue weighted by molar-refractivity contribution is 6.30. The summed E-state index contributed by atoms with van der Waals surface area (Å²) >= 11 is 5.91. The molecule has 5 rings (SSSR count). The van der Waals surface area contributed by atoms with Crippen LogP contribution in [-0.4, -0.2) is 26.3 Å². The summed E-state index contributed by atoms with van der Waals surface area (Å²) in [5.41, 5.74) is 8.68. The van der Waals surface area contributed by atoms with Crippen LogP contribution in [0.4, 0.5) is 11.4 Å². The highest BCUT2D eigenvalue weighted by atomic mass is 35.5. The summed E-state index contributed by atoms with van der Waals surface area (Å²) in [6.07, 6.45) is 0.622. The lowest BCUT2D eigenvalue weighted by molar-refractivity contribution is -0.384. The zero-order valence-corrected chi connectivity index (χ0v) is 18.7. The maximum Gasteiger partial charge on any atom is 0.281 e. The Kier molecular flexibility index (Phi) is 5.64. The van der Waals surface area contributed by atoms with Crippen molar-refractivity contribution in [2.24, 2.45) is 0 Å². The van der Waals surface area contributed by atoms with Crippen molar-refractivity contribution in [2.75, 3.05) is 12.3 Å². The average molecular weight is 478 g/mol. The number of nitrogen functional groups attached to an aromatic ring is 1. The third-order valence-corrected chi connectivity index (χ3v) is 6.03. The van der Waals surface area contributed by atoms with Crippen LogP contribution < -0.4 is 11.3 Å². The molecule has 0 spiro atoms. The number of furan rings is 1. The van der Waals surface area contributed by atoms with E-state index in [1.165, 1.54) is 6.07 Å². The molecule has 1 aliphatic heterocycles. The van der Waals surface area contributed by atoms with Crippen molar-refractivity contribution in [1.82, 2.24) is 14.9 Å². The predicted octanol–water partition coefficient (Wildman–Crippen LogP) is 4.40. The number of aromatic nitrogens is 2. The largest absolute Gasteiger partial charge is 0.459 e. The van der Waals surface area contributed by atoms with Crippen LogP contribution >= 0.6 is 11.6 Å². The average Bonchev–Trinajstić information content (AvgIpc) is 3.28. The second-order valence-electron chi connectivity index (χ2n) is 8.11. The fraction of sp³-hybridized carbons (Fsp3) is 0.167. The van der Waals surface area contributed by atoms with Gasteiger partial charge >= 0.3 is 0 Å². The van der Waals surface area contributed by atoms with E-state index in [2.05, 4.69) is 14.9 Å². The molecule has 0 amide bonds. The fourth-order valence-corrected chi connectivity index (χ4v) is 4.25. The van der Waals surface area contributed by atoms with Gasteiger partial charge in [0.1, 0.15) is 17.3 Å². The van der Waals surface area contributed by atoms with Gasteiger partial charge in [0.15, 0.2) is 0 Å². The van der Waals surface area contributed by atoms with Gasteiger partial charge in [0.25, 0.3) is 11.2 Å². The number of aromatic amines is 1. The maximum atomic E-state index is 12.8. The van der Waals surface area contributed by atoms with Gasteiger partial charge in [-0.1, -0.05) is 11.6 Å². The first-order chi connectivity index (χ1) is 16.4. The smallest absolute Gasteiger partial charge is 0.281 e. The van der Waals surface area contributed by atoms with E-state index in [1.807, 2.05) is 12.1 Å². The minimum absolute atomic E-state index is 0.116. The maximum absolute atomic E-state index is 12.8. The van der Waals surface area contributed by atoms with Gasteiger partial charge in [-0.15, -0.1) is 0 Å². The number of nitro benzene ring substituents is 1. The van der Waals surface area contributed by atoms with Crippen molar-refractivity contribution in [2.45, 2.75) is 19.5 Å². The third kappa shape index (κ3) is 4.30. The van der Waals surface area contributed by atoms with Crippen LogP contribution in [0.3, 0.4) is 0 Å². The number of anilines is 1. The topological polar surface area (TPSA) is 131 Å². The third-order valence-electron chi connectivity index (χ3n) is 5.79. The molecular weight excluding hydrogens is 458 g/mol. The van der Waals surface area contributed by atoms with E-state index in [-0.39, 0.29) is 16.3 Å². The van der Waals surface area contributed by atoms with E-state index in [0.29, 0.717) is 60.2 Å². The number of nitrogens with zero attached hydrogens (tertiary/aromatic N) is 3. The van der Waals surface area contributed by atoms with Crippen molar-refractivity contribution in [1.29, 1.82) is 0 Å². The fourth-order valence-electron chi connectivity index (χ4n) is 4.09. The SMILES string of the molecule is Nc1ccc(-c2nc3c(c(=O)[nH]2)CN(Cc2ccc(-c4ccc(Cl)cc4[N+](=O)[O-])o2)CC3)cc1. The molecule has 0 saturated heterocycles. The molecule has 3 N–H and O–H groups in total. The summed E-state index contributed by atoms with van der Waals surface area (Å²) in [5, 5.41) is 11.7. The number of nitrogens with two attached hydrogens (primary N) is 1. The van der Waals surface area contributed by atoms with Crippen LogP contribution in [0.15, 0.2) is 63.8 Å². The number of rotatable bonds is 5. The lowest BCUT2D eigenvalue weighted by atomic mass is 10.1. The van der Waals surface area contributed by atoms with E-state index in [1.54, 1.807) is 36.4 Å². The number of hydrogen-bond acceptors (Lipinski definition) is 7. The summed E-state index contributed by atoms with van der Waals surface area (Å²) in [6, 6.07) is 15.2. The lowest BCUT2D eigenvalue weighted by Gasteiger charge is -2.26. The Morgan fingerprint density at radius 1 is 1.18 bits per heavy atom. The van der Waals surface area contributed by atoms with Crippen LogP contribution in [-0.2, 0) is 19.5 Å². The Bertz CT molecular complexity index is 1440. The number of fused-ring (bicyclic) bond motifs is 1. The van der Waals surface area contributed by atoms with Crippen molar-refractivity contribution in [3.63, 3.8) is 0 Å². The van der Waals surface area contributed by atoms with Gasteiger partial charge in [-0.3, -0.25) is 19.8 Å². The van der Waals surface area contributed by atoms with E-state index in [0.717, 1.165) is 11.3 Å². The highest BCUT2D eigenvalue weighted by Gasteiger charge is 2.23. The molecule has 2 aromatic heterocycles. The summed E-state index contributed by atoms with van der Waals surface area (Å²) in [6.45, 7) is 1.58. The number of hydrogen-bond donors (Lipinski definition) is 2. The minimum atomic E-state index is -0.483. The molecule has 0 unspecified atom stereocenters. The zero-order chi connectivity index (χ0) is 23.8. The van der Waals surface area contributed by atoms with Crippen LogP contribution in [0.1, 0.15) is 17.0 Å². The first-order valence-corrected chi connectivity index (χ1v) is 11.0. The monoisotopic (exact) mass is 477 g/mol. The van der Waals surface area contributed by atoms with Crippen molar-refractivity contribution in [3.05, 3.63) is 97.1 Å². The van der Waals surface area contributed by atoms with Crippen LogP contribution in [0.2, 0.25) is 5.02 Å². The molecule has 0 atom stereocenters. The van der Waals surface area contributed by atoms with E-state index in [9.17, 15) is 14.9 Å². The van der Waals surface area contributed by atoms with Crippen molar-refractivity contribution in [3.8, 4) is 22.7 Å². The van der Waals surface area contributed by atoms with Crippen LogP contribution in [0.5, 0.6) is 0 Å². The molecule has 0 fully saturated rings. The van der Waals surface area contributed by atoms with E-state index >= 15 is 0 Å². The van der Waals surface area contributed by atoms with Crippen molar-refractivity contribution < 1.29 is 9.34 Å². The molecule has 3 heterocycles. The normalized spacial score (nSPS) is 13.6. The first kappa shape index (κ1) is 21.9. The Labute approximate surface area is 199 Å². The van der Waals surface area contributed by atoms with Gasteiger partial charge in [-0.05, 0) is 48.5 Å². The molecular formula is C24H20ClN5O4. The second kappa shape index (κ2) is 8.77. The van der Waals surface area contributed by atoms with Gasteiger partial charge in [-0.25, -0.2) is 4.98 Å². The molecule has 1 aliphatic rings. The van der Waals surface area contributed by atoms with Gasteiger partial charge in [-0.2, -0.15) is 0 Å². The highest BCUT2D eigenvalue weighted by Crippen LogP contribution is 2.33. The number of nitrogens with one attached hydrogen (secondary N) is 1. The summed E-state index contributed by atoms with van der Waals surface area (Å²) in [4.78, 5) is 33.3. The molecule has 0 bridgehead atoms. The van der Waals surface area contributed by atoms with Gasteiger partial charge < -0.3 is 15.1 Å². The molecule has 34 heavy (non-hydrogen) atoms. The number of nitro groups is 1. The van der Waals surface area contributed by atoms with E-state index < -0.39 is 4.92 Å². The number of halogens is 1. The molecule has 2 aromatic carbocycles. The Hall–Kier alpha value is -3.95. The predicted molar refractivity (Wildman–Crippen MR) is 128 cm³/mol. The Morgan fingerprint density at radius 2 is 1.97 bits per heavy atom. The molecule has 0 radical (unpaired) electrons. The number of H-pyrrole nitrogens is 1. The summed E-state index contributed by atoms with van der Waals surface area (Å²) < 4.78 is 5.91. The van der Waals surface area contributed by atoms with Gasteiger partial charge in [0, 0.05) is 41.9 Å². The van der Waals surface area contributed by atoms with E-state index in [4.69, 9.17) is 21.8 Å². The quantitative estimate of drug-likeness (QED) is 0.247. The van der Waals surface area contributed by atoms with Crippen molar-refractivity contribution >= 4 is 23.0 Å². The summed E-state index contributed by atoms with van der Waals surface area (Å²) in [5.74, 6) is 1.56. The van der Waals surface area contributed by atoms with Gasteiger partial charge in [0.2, 0.25) is 0 Å². The Morgan fingerprint density at radius 3 is 2.74 bits per heavy atom. The first-order valence-electron chi connectivity index (χ1n) is 10.6. The molecule has 9 nitrogen and oxygen atoms in total. The standard InChI is InChI=1S/C24H20ClN5O4/c25-15-3-7-18(21(11-15)30(32)33)22-8-6-17(34-22)12-29-10-9-20-19(13-29)24(31)28-23(27-20)14-1-4-16(26)5-2-14/h1-8,11H,9-10,12-13,26H2,(H,27,28,31). The number of benzene rings is 2. The second-order valence-corrected chi connectivity index (χ2v) is 8.54. The Balaban J connectivity index is 1.34. The van der Waals surface area contributed by atoms with Crippen LogP contribution in [0, 0.1) is 10.1 Å². The molecule has 172 valence electrons. The molecule has 0 saturated carbocycles. The van der Waals surface area contributed by atoms with Gasteiger partial charge in [0.05, 0.1) is 28.3 Å². The molecule has 10 heteroatoms.